The van der Waals surface area contributed by atoms with Gasteiger partial charge in [0.1, 0.15) is 12.6 Å². The standard InChI is InChI=1S/C17H22N4O4/c1-17(2,3)20-15(24)19-13(22)10-21-14(23)12(18-16(21)25)9-11-7-5-4-6-8-11/h4-8,12H,9-10H2,1-3H3,(H,18,25)(H2,19,20,22,24)/t12-/m1/s1. The summed E-state index contributed by atoms with van der Waals surface area (Å²) in [6.45, 7) is 4.79. The minimum Gasteiger partial charge on any atom is -0.333 e. The molecule has 1 aliphatic rings. The van der Waals surface area contributed by atoms with Crippen LogP contribution in [0.5, 0.6) is 0 Å². The molecule has 1 aromatic rings. The van der Waals surface area contributed by atoms with Gasteiger partial charge in [0, 0.05) is 12.0 Å². The van der Waals surface area contributed by atoms with Gasteiger partial charge in [0.25, 0.3) is 5.91 Å². The molecule has 8 heteroatoms. The summed E-state index contributed by atoms with van der Waals surface area (Å²) in [7, 11) is 0. The van der Waals surface area contributed by atoms with Crippen molar-refractivity contribution in [2.24, 2.45) is 0 Å². The van der Waals surface area contributed by atoms with Crippen LogP contribution in [0.3, 0.4) is 0 Å². The first-order valence-electron chi connectivity index (χ1n) is 7.93. The molecule has 1 aromatic carbocycles. The lowest BCUT2D eigenvalue weighted by Crippen LogP contribution is -2.51. The molecule has 0 saturated carbocycles. The topological polar surface area (TPSA) is 108 Å². The molecule has 1 atom stereocenters. The zero-order chi connectivity index (χ0) is 18.6. The molecule has 0 radical (unpaired) electrons. The second kappa shape index (κ2) is 7.33. The van der Waals surface area contributed by atoms with E-state index >= 15 is 0 Å². The van der Waals surface area contributed by atoms with Gasteiger partial charge >= 0.3 is 12.1 Å². The zero-order valence-electron chi connectivity index (χ0n) is 14.5. The highest BCUT2D eigenvalue weighted by molar-refractivity contribution is 6.07. The molecule has 0 aliphatic carbocycles. The minimum absolute atomic E-state index is 0.341. The van der Waals surface area contributed by atoms with Crippen molar-refractivity contribution >= 4 is 23.9 Å². The van der Waals surface area contributed by atoms with Crippen LogP contribution in [0.15, 0.2) is 30.3 Å². The number of rotatable bonds is 4. The summed E-state index contributed by atoms with van der Waals surface area (Å²) < 4.78 is 0. The lowest BCUT2D eigenvalue weighted by atomic mass is 10.1. The van der Waals surface area contributed by atoms with Crippen molar-refractivity contribution in [3.8, 4) is 0 Å². The van der Waals surface area contributed by atoms with E-state index in [-0.39, 0.29) is 0 Å². The van der Waals surface area contributed by atoms with Gasteiger partial charge < -0.3 is 10.6 Å². The van der Waals surface area contributed by atoms with Crippen molar-refractivity contribution in [3.05, 3.63) is 35.9 Å². The van der Waals surface area contributed by atoms with Gasteiger partial charge in [-0.2, -0.15) is 0 Å². The molecular formula is C17H22N4O4. The highest BCUT2D eigenvalue weighted by Crippen LogP contribution is 2.12. The normalized spacial score (nSPS) is 17.2. The molecule has 134 valence electrons. The number of urea groups is 2. The van der Waals surface area contributed by atoms with Gasteiger partial charge in [-0.1, -0.05) is 30.3 Å². The van der Waals surface area contributed by atoms with Crippen molar-refractivity contribution < 1.29 is 19.2 Å². The SMILES string of the molecule is CC(C)(C)NC(=O)NC(=O)CN1C(=O)N[C@H](Cc2ccccc2)C1=O. The number of nitrogens with zero attached hydrogens (tertiary/aromatic N) is 1. The Balaban J connectivity index is 1.91. The number of carbonyl (C=O) groups excluding carboxylic acids is 4. The first kappa shape index (κ1) is 18.4. The second-order valence-electron chi connectivity index (χ2n) is 6.87. The Morgan fingerprint density at radius 1 is 1.16 bits per heavy atom. The molecule has 25 heavy (non-hydrogen) atoms. The molecule has 8 nitrogen and oxygen atoms in total. The van der Waals surface area contributed by atoms with Gasteiger partial charge in [0.05, 0.1) is 0 Å². The van der Waals surface area contributed by atoms with E-state index in [1.807, 2.05) is 30.3 Å². The minimum atomic E-state index is -0.731. The average Bonchev–Trinajstić information content (AvgIpc) is 2.74. The summed E-state index contributed by atoms with van der Waals surface area (Å²) in [5, 5.41) is 7.23. The predicted molar refractivity (Wildman–Crippen MR) is 90.6 cm³/mol. The molecule has 3 N–H and O–H groups in total. The van der Waals surface area contributed by atoms with E-state index < -0.39 is 42.0 Å². The van der Waals surface area contributed by atoms with Crippen LogP contribution < -0.4 is 16.0 Å². The van der Waals surface area contributed by atoms with E-state index in [1.165, 1.54) is 0 Å². The fourth-order valence-corrected chi connectivity index (χ4v) is 2.40. The number of carbonyl (C=O) groups is 4. The smallest absolute Gasteiger partial charge is 0.325 e. The molecule has 0 unspecified atom stereocenters. The molecule has 0 spiro atoms. The molecule has 1 saturated heterocycles. The number of amides is 6. The average molecular weight is 346 g/mol. The largest absolute Gasteiger partial charge is 0.333 e. The summed E-state index contributed by atoms with van der Waals surface area (Å²) >= 11 is 0. The maximum absolute atomic E-state index is 12.3. The van der Waals surface area contributed by atoms with Crippen LogP contribution >= 0.6 is 0 Å². The molecule has 2 rings (SSSR count). The van der Waals surface area contributed by atoms with Gasteiger partial charge in [-0.25, -0.2) is 9.59 Å². The number of nitrogens with one attached hydrogen (secondary N) is 3. The fraction of sp³-hybridized carbons (Fsp3) is 0.412. The van der Waals surface area contributed by atoms with Crippen LogP contribution in [0, 0.1) is 0 Å². The summed E-state index contributed by atoms with van der Waals surface area (Å²) in [5.74, 6) is -1.22. The number of hydrogen-bond acceptors (Lipinski definition) is 4. The zero-order valence-corrected chi connectivity index (χ0v) is 14.5. The fourth-order valence-electron chi connectivity index (χ4n) is 2.40. The lowest BCUT2D eigenvalue weighted by Gasteiger charge is -2.20. The van der Waals surface area contributed by atoms with Gasteiger partial charge in [-0.15, -0.1) is 0 Å². The molecule has 6 amide bonds. The molecule has 1 aliphatic heterocycles. The number of benzene rings is 1. The van der Waals surface area contributed by atoms with Crippen LogP contribution in [0.25, 0.3) is 0 Å². The highest BCUT2D eigenvalue weighted by Gasteiger charge is 2.39. The second-order valence-corrected chi connectivity index (χ2v) is 6.87. The monoisotopic (exact) mass is 346 g/mol. The first-order chi connectivity index (χ1) is 11.7. The van der Waals surface area contributed by atoms with Crippen molar-refractivity contribution in [1.82, 2.24) is 20.9 Å². The van der Waals surface area contributed by atoms with E-state index in [9.17, 15) is 19.2 Å². The highest BCUT2D eigenvalue weighted by atomic mass is 16.2. The van der Waals surface area contributed by atoms with E-state index in [2.05, 4.69) is 16.0 Å². The van der Waals surface area contributed by atoms with E-state index in [4.69, 9.17) is 0 Å². The molecule has 1 fully saturated rings. The Morgan fingerprint density at radius 2 is 1.80 bits per heavy atom. The molecule has 1 heterocycles. The van der Waals surface area contributed by atoms with Gasteiger partial charge in [-0.3, -0.25) is 19.8 Å². The van der Waals surface area contributed by atoms with Crippen molar-refractivity contribution in [2.75, 3.05) is 6.54 Å². The quantitative estimate of drug-likeness (QED) is 0.700. The first-order valence-corrected chi connectivity index (χ1v) is 7.93. The predicted octanol–water partition coefficient (Wildman–Crippen LogP) is 0.774. The summed E-state index contributed by atoms with van der Waals surface area (Å²) in [6.07, 6.45) is 0.341. The molecule has 0 aromatic heterocycles. The van der Waals surface area contributed by atoms with Crippen molar-refractivity contribution in [2.45, 2.75) is 38.8 Å². The molecular weight excluding hydrogens is 324 g/mol. The maximum Gasteiger partial charge on any atom is 0.325 e. The lowest BCUT2D eigenvalue weighted by molar-refractivity contribution is -0.131. The third-order valence-electron chi connectivity index (χ3n) is 3.43. The Bertz CT molecular complexity index is 682. The van der Waals surface area contributed by atoms with Crippen LogP contribution in [0.2, 0.25) is 0 Å². The van der Waals surface area contributed by atoms with Crippen LogP contribution in [-0.2, 0) is 16.0 Å². The van der Waals surface area contributed by atoms with Gasteiger partial charge in [-0.05, 0) is 26.3 Å². The van der Waals surface area contributed by atoms with E-state index in [1.54, 1.807) is 20.8 Å². The Hall–Kier alpha value is -2.90. The Morgan fingerprint density at radius 3 is 2.40 bits per heavy atom. The van der Waals surface area contributed by atoms with Crippen LogP contribution in [-0.4, -0.2) is 46.9 Å². The third-order valence-corrected chi connectivity index (χ3v) is 3.43. The van der Waals surface area contributed by atoms with E-state index in [0.29, 0.717) is 6.42 Å². The summed E-state index contributed by atoms with van der Waals surface area (Å²) in [4.78, 5) is 48.7. The summed E-state index contributed by atoms with van der Waals surface area (Å²) in [5.41, 5.74) is 0.392. The Labute approximate surface area is 145 Å². The summed E-state index contributed by atoms with van der Waals surface area (Å²) in [6, 6.07) is 7.22. The maximum atomic E-state index is 12.3. The van der Waals surface area contributed by atoms with Crippen molar-refractivity contribution in [3.63, 3.8) is 0 Å². The number of imide groups is 2. The van der Waals surface area contributed by atoms with E-state index in [0.717, 1.165) is 10.5 Å². The van der Waals surface area contributed by atoms with Gasteiger partial charge in [0.15, 0.2) is 0 Å². The Kier molecular flexibility index (Phi) is 5.41. The van der Waals surface area contributed by atoms with Gasteiger partial charge in [0.2, 0.25) is 5.91 Å². The van der Waals surface area contributed by atoms with Crippen LogP contribution in [0.1, 0.15) is 26.3 Å². The molecule has 0 bridgehead atoms. The third kappa shape index (κ3) is 5.30. The van der Waals surface area contributed by atoms with Crippen LogP contribution in [0.4, 0.5) is 9.59 Å². The number of hydrogen-bond donors (Lipinski definition) is 3. The van der Waals surface area contributed by atoms with Crippen molar-refractivity contribution in [1.29, 1.82) is 0 Å².